The molecule has 0 bridgehead atoms. The SMILES string of the molecule is CCCN(CCC)C(=O)c1ccc(Nc2cccc(C#N)c2)nn1. The molecule has 0 unspecified atom stereocenters. The molecule has 1 amide bonds. The lowest BCUT2D eigenvalue weighted by Gasteiger charge is -2.20. The number of hydrogen-bond donors (Lipinski definition) is 1. The fraction of sp³-hybridized carbons (Fsp3) is 0.333. The highest BCUT2D eigenvalue weighted by atomic mass is 16.2. The second kappa shape index (κ2) is 8.63. The van der Waals surface area contributed by atoms with E-state index in [2.05, 4.69) is 21.6 Å². The third-order valence-corrected chi connectivity index (χ3v) is 3.42. The standard InChI is InChI=1S/C18H21N5O/c1-3-10-23(11-4-2)18(24)16-8-9-17(22-21-16)20-15-7-5-6-14(12-15)13-19/h5-9,12H,3-4,10-11H2,1-2H3,(H,20,22). The first kappa shape index (κ1) is 17.4. The van der Waals surface area contributed by atoms with Crippen LogP contribution in [0.4, 0.5) is 11.5 Å². The summed E-state index contributed by atoms with van der Waals surface area (Å²) in [6.45, 7) is 5.53. The molecule has 6 nitrogen and oxygen atoms in total. The van der Waals surface area contributed by atoms with Gasteiger partial charge in [0.1, 0.15) is 0 Å². The van der Waals surface area contributed by atoms with Gasteiger partial charge in [0, 0.05) is 18.8 Å². The van der Waals surface area contributed by atoms with Crippen molar-refractivity contribution in [2.24, 2.45) is 0 Å². The van der Waals surface area contributed by atoms with Crippen LogP contribution < -0.4 is 5.32 Å². The number of carbonyl (C=O) groups is 1. The average Bonchev–Trinajstić information content (AvgIpc) is 2.62. The monoisotopic (exact) mass is 323 g/mol. The average molecular weight is 323 g/mol. The van der Waals surface area contributed by atoms with Crippen molar-refractivity contribution in [2.45, 2.75) is 26.7 Å². The van der Waals surface area contributed by atoms with Crippen LogP contribution in [-0.2, 0) is 0 Å². The number of anilines is 2. The topological polar surface area (TPSA) is 81.9 Å². The van der Waals surface area contributed by atoms with Crippen LogP contribution in [0.15, 0.2) is 36.4 Å². The van der Waals surface area contributed by atoms with Gasteiger partial charge in [0.25, 0.3) is 5.91 Å². The zero-order valence-electron chi connectivity index (χ0n) is 14.0. The van der Waals surface area contributed by atoms with Crippen molar-refractivity contribution in [3.8, 4) is 6.07 Å². The lowest BCUT2D eigenvalue weighted by Crippen LogP contribution is -2.33. The number of nitrogens with one attached hydrogen (secondary N) is 1. The predicted molar refractivity (Wildman–Crippen MR) is 93.0 cm³/mol. The van der Waals surface area contributed by atoms with E-state index in [0.29, 0.717) is 17.1 Å². The summed E-state index contributed by atoms with van der Waals surface area (Å²) >= 11 is 0. The summed E-state index contributed by atoms with van der Waals surface area (Å²) in [7, 11) is 0. The summed E-state index contributed by atoms with van der Waals surface area (Å²) in [6, 6.07) is 12.6. The number of benzene rings is 1. The molecule has 24 heavy (non-hydrogen) atoms. The summed E-state index contributed by atoms with van der Waals surface area (Å²) in [5.41, 5.74) is 1.66. The largest absolute Gasteiger partial charge is 0.339 e. The van der Waals surface area contributed by atoms with Crippen LogP contribution in [0.25, 0.3) is 0 Å². The Bertz CT molecular complexity index is 715. The molecule has 0 aliphatic heterocycles. The minimum atomic E-state index is -0.0933. The first-order valence-corrected chi connectivity index (χ1v) is 8.08. The maximum atomic E-state index is 12.4. The van der Waals surface area contributed by atoms with Crippen molar-refractivity contribution in [1.29, 1.82) is 5.26 Å². The molecule has 124 valence electrons. The van der Waals surface area contributed by atoms with Crippen LogP contribution in [0.3, 0.4) is 0 Å². The number of carbonyl (C=O) groups excluding carboxylic acids is 1. The van der Waals surface area contributed by atoms with Gasteiger partial charge in [-0.25, -0.2) is 0 Å². The van der Waals surface area contributed by atoms with E-state index in [1.54, 1.807) is 35.2 Å². The number of rotatable bonds is 7. The molecule has 0 atom stereocenters. The van der Waals surface area contributed by atoms with E-state index < -0.39 is 0 Å². The first-order valence-electron chi connectivity index (χ1n) is 8.08. The van der Waals surface area contributed by atoms with Crippen molar-refractivity contribution in [3.05, 3.63) is 47.7 Å². The molecule has 1 aromatic carbocycles. The molecule has 0 saturated heterocycles. The zero-order chi connectivity index (χ0) is 17.4. The Morgan fingerprint density at radius 2 is 1.92 bits per heavy atom. The molecule has 0 aliphatic rings. The molecule has 0 aliphatic carbocycles. The minimum Gasteiger partial charge on any atom is -0.339 e. The molecular weight excluding hydrogens is 302 g/mol. The van der Waals surface area contributed by atoms with E-state index in [1.165, 1.54) is 0 Å². The van der Waals surface area contributed by atoms with Crippen molar-refractivity contribution >= 4 is 17.4 Å². The van der Waals surface area contributed by atoms with E-state index >= 15 is 0 Å². The van der Waals surface area contributed by atoms with Gasteiger partial charge in [0.05, 0.1) is 11.6 Å². The fourth-order valence-corrected chi connectivity index (χ4v) is 2.34. The van der Waals surface area contributed by atoms with Crippen molar-refractivity contribution < 1.29 is 4.79 Å². The van der Waals surface area contributed by atoms with Gasteiger partial charge in [0.2, 0.25) is 0 Å². The first-order chi connectivity index (χ1) is 11.7. The summed E-state index contributed by atoms with van der Waals surface area (Å²) in [5, 5.41) is 20.1. The van der Waals surface area contributed by atoms with Crippen LogP contribution in [0, 0.1) is 11.3 Å². The third kappa shape index (κ3) is 4.53. The molecular formula is C18H21N5O. The number of nitriles is 1. The highest BCUT2D eigenvalue weighted by Crippen LogP contribution is 2.15. The van der Waals surface area contributed by atoms with Crippen molar-refractivity contribution in [3.63, 3.8) is 0 Å². The van der Waals surface area contributed by atoms with E-state index in [0.717, 1.165) is 31.6 Å². The highest BCUT2D eigenvalue weighted by molar-refractivity contribution is 5.92. The summed E-state index contributed by atoms with van der Waals surface area (Å²) < 4.78 is 0. The van der Waals surface area contributed by atoms with Gasteiger partial charge in [-0.1, -0.05) is 19.9 Å². The number of nitrogens with zero attached hydrogens (tertiary/aromatic N) is 4. The van der Waals surface area contributed by atoms with Crippen LogP contribution >= 0.6 is 0 Å². The van der Waals surface area contributed by atoms with Crippen LogP contribution in [-0.4, -0.2) is 34.1 Å². The van der Waals surface area contributed by atoms with Gasteiger partial charge in [-0.3, -0.25) is 4.79 Å². The number of amides is 1. The lowest BCUT2D eigenvalue weighted by molar-refractivity contribution is 0.0748. The molecule has 2 aromatic rings. The summed E-state index contributed by atoms with van der Waals surface area (Å²) in [6.07, 6.45) is 1.82. The Labute approximate surface area is 142 Å². The molecule has 0 saturated carbocycles. The third-order valence-electron chi connectivity index (χ3n) is 3.42. The smallest absolute Gasteiger partial charge is 0.274 e. The lowest BCUT2D eigenvalue weighted by atomic mass is 10.2. The number of hydrogen-bond acceptors (Lipinski definition) is 5. The molecule has 1 N–H and O–H groups in total. The maximum Gasteiger partial charge on any atom is 0.274 e. The van der Waals surface area contributed by atoms with E-state index in [-0.39, 0.29) is 5.91 Å². The summed E-state index contributed by atoms with van der Waals surface area (Å²) in [4.78, 5) is 14.2. The second-order valence-corrected chi connectivity index (χ2v) is 5.41. The van der Waals surface area contributed by atoms with E-state index in [4.69, 9.17) is 5.26 Å². The molecule has 1 heterocycles. The summed E-state index contributed by atoms with van der Waals surface area (Å²) in [5.74, 6) is 0.434. The van der Waals surface area contributed by atoms with Crippen LogP contribution in [0.1, 0.15) is 42.7 Å². The predicted octanol–water partition coefficient (Wildman–Crippen LogP) is 3.35. The Hall–Kier alpha value is -2.94. The van der Waals surface area contributed by atoms with Crippen molar-refractivity contribution in [1.82, 2.24) is 15.1 Å². The molecule has 0 fully saturated rings. The Morgan fingerprint density at radius 1 is 1.17 bits per heavy atom. The van der Waals surface area contributed by atoms with Crippen molar-refractivity contribution in [2.75, 3.05) is 18.4 Å². The molecule has 1 aromatic heterocycles. The fourth-order valence-electron chi connectivity index (χ4n) is 2.34. The second-order valence-electron chi connectivity index (χ2n) is 5.41. The quantitative estimate of drug-likeness (QED) is 0.845. The van der Waals surface area contributed by atoms with Crippen LogP contribution in [0.5, 0.6) is 0 Å². The van der Waals surface area contributed by atoms with Gasteiger partial charge in [-0.05, 0) is 43.2 Å². The number of aromatic nitrogens is 2. The van der Waals surface area contributed by atoms with Gasteiger partial charge in [0.15, 0.2) is 11.5 Å². The van der Waals surface area contributed by atoms with Gasteiger partial charge in [-0.2, -0.15) is 5.26 Å². The Morgan fingerprint density at radius 3 is 2.50 bits per heavy atom. The van der Waals surface area contributed by atoms with E-state index in [1.807, 2.05) is 19.9 Å². The molecule has 2 rings (SSSR count). The van der Waals surface area contributed by atoms with E-state index in [9.17, 15) is 4.79 Å². The van der Waals surface area contributed by atoms with Crippen LogP contribution in [0.2, 0.25) is 0 Å². The van der Waals surface area contributed by atoms with Gasteiger partial charge in [-0.15, -0.1) is 10.2 Å². The Kier molecular flexibility index (Phi) is 6.26. The normalized spacial score (nSPS) is 10.0. The van der Waals surface area contributed by atoms with Gasteiger partial charge >= 0.3 is 0 Å². The Balaban J connectivity index is 2.09. The molecule has 6 heteroatoms. The molecule has 0 spiro atoms. The van der Waals surface area contributed by atoms with Gasteiger partial charge < -0.3 is 10.2 Å². The highest BCUT2D eigenvalue weighted by Gasteiger charge is 2.16. The zero-order valence-corrected chi connectivity index (χ0v) is 14.0. The minimum absolute atomic E-state index is 0.0933. The maximum absolute atomic E-state index is 12.4. The molecule has 0 radical (unpaired) electrons.